The largest absolute Gasteiger partial charge is 0.486 e. The molecule has 1 aromatic heterocycles. The number of nitrogens with zero attached hydrogens (tertiary/aromatic N) is 2. The van der Waals surface area contributed by atoms with Crippen LogP contribution in [0.25, 0.3) is 11.3 Å². The Morgan fingerprint density at radius 2 is 2.04 bits per heavy atom. The van der Waals surface area contributed by atoms with E-state index in [0.717, 1.165) is 42.2 Å². The second-order valence-corrected chi connectivity index (χ2v) is 7.98. The number of ketones is 1. The number of rotatable bonds is 7. The zero-order valence-electron chi connectivity index (χ0n) is 15.5. The molecule has 0 amide bonds. The summed E-state index contributed by atoms with van der Waals surface area (Å²) in [6.45, 7) is 4.80. The Labute approximate surface area is 159 Å². The third-order valence-corrected chi connectivity index (χ3v) is 6.11. The molecule has 2 aromatic rings. The predicted octanol–water partition coefficient (Wildman–Crippen LogP) is 3.19. The third-order valence-electron chi connectivity index (χ3n) is 5.24. The van der Waals surface area contributed by atoms with E-state index in [4.69, 9.17) is 10.5 Å². The van der Waals surface area contributed by atoms with Crippen molar-refractivity contribution in [1.29, 1.82) is 0 Å². The van der Waals surface area contributed by atoms with E-state index in [2.05, 4.69) is 16.9 Å². The van der Waals surface area contributed by atoms with Crippen molar-refractivity contribution in [2.45, 2.75) is 26.3 Å². The molecule has 0 saturated carbocycles. The van der Waals surface area contributed by atoms with E-state index in [1.165, 1.54) is 0 Å². The number of carbonyl (C=O) groups is 1. The van der Waals surface area contributed by atoms with E-state index >= 15 is 0 Å². The molecular formula is C20H27N3O2S. The molecule has 0 bridgehead atoms. The average molecular weight is 374 g/mol. The van der Waals surface area contributed by atoms with Crippen molar-refractivity contribution in [3.63, 3.8) is 0 Å². The van der Waals surface area contributed by atoms with Gasteiger partial charge >= 0.3 is 0 Å². The van der Waals surface area contributed by atoms with Crippen LogP contribution in [0.4, 0.5) is 0 Å². The highest BCUT2D eigenvalue weighted by Gasteiger charge is 2.27. The van der Waals surface area contributed by atoms with Gasteiger partial charge in [0.2, 0.25) is 0 Å². The normalized spacial score (nSPS) is 17.2. The molecule has 140 valence electrons. The molecule has 0 radical (unpaired) electrons. The number of carbonyl (C=O) groups excluding carboxylic acids is 1. The standard InChI is InChI=1S/C20H27N3O2S/c1-14(15-7-9-23(2)10-8-15)19(24)12-25-17-5-3-16(4-6-17)18-13-26-20(11-21)22-18/h3-6,13-15H,7-12,21H2,1-2H3/t14-/m1/s1. The van der Waals surface area contributed by atoms with Crippen LogP contribution in [-0.2, 0) is 11.3 Å². The fourth-order valence-electron chi connectivity index (χ4n) is 3.34. The summed E-state index contributed by atoms with van der Waals surface area (Å²) in [6.07, 6.45) is 2.19. The van der Waals surface area contributed by atoms with Crippen LogP contribution in [0.3, 0.4) is 0 Å². The first-order valence-corrected chi connectivity index (χ1v) is 10.0. The third kappa shape index (κ3) is 4.69. The number of benzene rings is 1. The molecule has 3 rings (SSSR count). The molecule has 2 N–H and O–H groups in total. The molecule has 0 unspecified atom stereocenters. The minimum Gasteiger partial charge on any atom is -0.486 e. The van der Waals surface area contributed by atoms with Gasteiger partial charge in [0.1, 0.15) is 17.4 Å². The minimum absolute atomic E-state index is 0.0627. The number of ether oxygens (including phenoxy) is 1. The summed E-state index contributed by atoms with van der Waals surface area (Å²) >= 11 is 1.56. The average Bonchev–Trinajstić information content (AvgIpc) is 3.16. The first-order valence-electron chi connectivity index (χ1n) is 9.15. The summed E-state index contributed by atoms with van der Waals surface area (Å²) in [5.41, 5.74) is 7.56. The Bertz CT molecular complexity index is 721. The summed E-state index contributed by atoms with van der Waals surface area (Å²) < 4.78 is 5.72. The second kappa shape index (κ2) is 8.75. The number of aromatic nitrogens is 1. The van der Waals surface area contributed by atoms with Gasteiger partial charge in [0, 0.05) is 23.4 Å². The summed E-state index contributed by atoms with van der Waals surface area (Å²) in [6, 6.07) is 7.72. The molecule has 0 aliphatic carbocycles. The number of thiazole rings is 1. The lowest BCUT2D eigenvalue weighted by Gasteiger charge is -2.32. The molecule has 1 aliphatic rings. The number of piperidine rings is 1. The Balaban J connectivity index is 1.52. The molecule has 1 aliphatic heterocycles. The first-order chi connectivity index (χ1) is 12.6. The Morgan fingerprint density at radius 3 is 2.65 bits per heavy atom. The van der Waals surface area contributed by atoms with Crippen LogP contribution in [0.2, 0.25) is 0 Å². The highest BCUT2D eigenvalue weighted by atomic mass is 32.1. The lowest BCUT2D eigenvalue weighted by molar-refractivity contribution is -0.126. The number of hydrogen-bond acceptors (Lipinski definition) is 6. The van der Waals surface area contributed by atoms with Gasteiger partial charge in [0.15, 0.2) is 5.78 Å². The molecular weight excluding hydrogens is 346 g/mol. The number of Topliss-reactive ketones (excluding diaryl/α,β-unsaturated/α-hetero) is 1. The molecule has 1 saturated heterocycles. The topological polar surface area (TPSA) is 68.5 Å². The van der Waals surface area contributed by atoms with Crippen LogP contribution in [0, 0.1) is 11.8 Å². The minimum atomic E-state index is 0.0627. The van der Waals surface area contributed by atoms with Gasteiger partial charge in [-0.2, -0.15) is 0 Å². The van der Waals surface area contributed by atoms with Crippen molar-refractivity contribution in [2.24, 2.45) is 17.6 Å². The fraction of sp³-hybridized carbons (Fsp3) is 0.500. The molecule has 1 atom stereocenters. The lowest BCUT2D eigenvalue weighted by atomic mass is 9.83. The zero-order chi connectivity index (χ0) is 18.5. The molecule has 6 heteroatoms. The molecule has 1 fully saturated rings. The van der Waals surface area contributed by atoms with Crippen LogP contribution < -0.4 is 10.5 Å². The van der Waals surface area contributed by atoms with Gasteiger partial charge in [-0.05, 0) is 63.2 Å². The fourth-order valence-corrected chi connectivity index (χ4v) is 4.02. The van der Waals surface area contributed by atoms with Crippen molar-refractivity contribution in [2.75, 3.05) is 26.7 Å². The Morgan fingerprint density at radius 1 is 1.35 bits per heavy atom. The molecule has 0 spiro atoms. The van der Waals surface area contributed by atoms with Crippen LogP contribution in [0.5, 0.6) is 5.75 Å². The van der Waals surface area contributed by atoms with Gasteiger partial charge in [0.05, 0.1) is 5.69 Å². The van der Waals surface area contributed by atoms with Crippen molar-refractivity contribution in [1.82, 2.24) is 9.88 Å². The summed E-state index contributed by atoms with van der Waals surface area (Å²) in [5.74, 6) is 1.45. The zero-order valence-corrected chi connectivity index (χ0v) is 16.3. The molecule has 26 heavy (non-hydrogen) atoms. The van der Waals surface area contributed by atoms with Gasteiger partial charge in [0.25, 0.3) is 0 Å². The van der Waals surface area contributed by atoms with E-state index in [1.807, 2.05) is 36.6 Å². The van der Waals surface area contributed by atoms with Crippen LogP contribution in [0.15, 0.2) is 29.6 Å². The monoisotopic (exact) mass is 373 g/mol. The Hall–Kier alpha value is -1.76. The maximum atomic E-state index is 12.5. The van der Waals surface area contributed by atoms with Crippen molar-refractivity contribution in [3.8, 4) is 17.0 Å². The number of likely N-dealkylation sites (tertiary alicyclic amines) is 1. The number of nitrogens with two attached hydrogens (primary N) is 1. The van der Waals surface area contributed by atoms with Gasteiger partial charge in [-0.3, -0.25) is 4.79 Å². The second-order valence-electron chi connectivity index (χ2n) is 7.04. The molecule has 1 aromatic carbocycles. The smallest absolute Gasteiger partial charge is 0.173 e. The van der Waals surface area contributed by atoms with E-state index in [1.54, 1.807) is 11.3 Å². The van der Waals surface area contributed by atoms with Gasteiger partial charge in [-0.15, -0.1) is 11.3 Å². The van der Waals surface area contributed by atoms with E-state index in [0.29, 0.717) is 18.2 Å². The summed E-state index contributed by atoms with van der Waals surface area (Å²) in [7, 11) is 2.14. The highest BCUT2D eigenvalue weighted by Crippen LogP contribution is 2.26. The molecule has 5 nitrogen and oxygen atoms in total. The summed E-state index contributed by atoms with van der Waals surface area (Å²) in [4.78, 5) is 19.3. The van der Waals surface area contributed by atoms with E-state index in [-0.39, 0.29) is 18.3 Å². The van der Waals surface area contributed by atoms with Gasteiger partial charge in [-0.1, -0.05) is 6.92 Å². The van der Waals surface area contributed by atoms with Gasteiger partial charge in [-0.25, -0.2) is 4.98 Å². The van der Waals surface area contributed by atoms with E-state index in [9.17, 15) is 4.79 Å². The van der Waals surface area contributed by atoms with Crippen LogP contribution in [0.1, 0.15) is 24.8 Å². The van der Waals surface area contributed by atoms with Crippen LogP contribution in [-0.4, -0.2) is 42.4 Å². The van der Waals surface area contributed by atoms with E-state index < -0.39 is 0 Å². The first kappa shape index (κ1) is 19.0. The predicted molar refractivity (Wildman–Crippen MR) is 105 cm³/mol. The Kier molecular flexibility index (Phi) is 6.40. The lowest BCUT2D eigenvalue weighted by Crippen LogP contribution is -2.36. The van der Waals surface area contributed by atoms with Crippen molar-refractivity contribution < 1.29 is 9.53 Å². The SMILES string of the molecule is C[C@@H](C(=O)COc1ccc(-c2csc(CN)n2)cc1)C1CCN(C)CC1. The quantitative estimate of drug-likeness (QED) is 0.807. The highest BCUT2D eigenvalue weighted by molar-refractivity contribution is 7.09. The maximum Gasteiger partial charge on any atom is 0.173 e. The number of hydrogen-bond donors (Lipinski definition) is 1. The van der Waals surface area contributed by atoms with Crippen molar-refractivity contribution in [3.05, 3.63) is 34.7 Å². The summed E-state index contributed by atoms with van der Waals surface area (Å²) in [5, 5.41) is 2.93. The van der Waals surface area contributed by atoms with Crippen LogP contribution >= 0.6 is 11.3 Å². The maximum absolute atomic E-state index is 12.5. The van der Waals surface area contributed by atoms with Gasteiger partial charge < -0.3 is 15.4 Å². The molecule has 2 heterocycles. The van der Waals surface area contributed by atoms with Crippen molar-refractivity contribution >= 4 is 17.1 Å².